The number of aromatic nitrogens is 5. The molecule has 10 nitrogen and oxygen atoms in total. The molecule has 3 N–H and O–H groups in total. The number of imidazole rings is 1. The Balaban J connectivity index is 1.82. The molecule has 36 heavy (non-hydrogen) atoms. The molecule has 0 aliphatic carbocycles. The number of nitrogens with two attached hydrogens (primary N) is 1. The predicted molar refractivity (Wildman–Crippen MR) is 135 cm³/mol. The maximum atomic E-state index is 14.0. The Kier molecular flexibility index (Phi) is 5.85. The van der Waals surface area contributed by atoms with Crippen LogP contribution in [0.3, 0.4) is 0 Å². The minimum atomic E-state index is -0.530. The van der Waals surface area contributed by atoms with Crippen molar-refractivity contribution in [2.24, 2.45) is 10.9 Å². The first kappa shape index (κ1) is 23.0. The number of nitrogens with zero attached hydrogens (tertiary/aromatic N) is 6. The standard InChI is InChI=1S/C26H25N7O3/c1-15(2)25-29-20-12-13-32(19-11-7-10-18(14-19)23(27)30-35)26(34)22(20)33(25)21(17-8-5-4-6-9-17)24-28-16(3)36-31-24/h4-15,21,35H,1-3H3,(H2,27,30). The summed E-state index contributed by atoms with van der Waals surface area (Å²) in [5, 5.41) is 16.4. The number of pyridine rings is 1. The molecular formula is C26H25N7O3. The highest BCUT2D eigenvalue weighted by Crippen LogP contribution is 2.32. The summed E-state index contributed by atoms with van der Waals surface area (Å²) in [7, 11) is 0. The summed E-state index contributed by atoms with van der Waals surface area (Å²) < 4.78 is 8.75. The lowest BCUT2D eigenvalue weighted by atomic mass is 10.0. The Morgan fingerprint density at radius 1 is 1.08 bits per heavy atom. The monoisotopic (exact) mass is 483 g/mol. The van der Waals surface area contributed by atoms with Gasteiger partial charge < -0.3 is 20.0 Å². The molecular weight excluding hydrogens is 458 g/mol. The Morgan fingerprint density at radius 3 is 2.53 bits per heavy atom. The van der Waals surface area contributed by atoms with Crippen LogP contribution in [0.5, 0.6) is 0 Å². The van der Waals surface area contributed by atoms with Gasteiger partial charge in [0.15, 0.2) is 11.7 Å². The van der Waals surface area contributed by atoms with E-state index in [1.807, 2.05) is 48.7 Å². The van der Waals surface area contributed by atoms with Gasteiger partial charge in [-0.15, -0.1) is 0 Å². The minimum Gasteiger partial charge on any atom is -0.409 e. The van der Waals surface area contributed by atoms with Gasteiger partial charge in [0, 0.05) is 30.3 Å². The van der Waals surface area contributed by atoms with Gasteiger partial charge in [-0.3, -0.25) is 9.36 Å². The van der Waals surface area contributed by atoms with Gasteiger partial charge in [0.1, 0.15) is 17.4 Å². The van der Waals surface area contributed by atoms with E-state index >= 15 is 0 Å². The summed E-state index contributed by atoms with van der Waals surface area (Å²) in [5.74, 6) is 1.55. The number of rotatable bonds is 6. The van der Waals surface area contributed by atoms with Crippen molar-refractivity contribution in [3.8, 4) is 5.69 Å². The lowest BCUT2D eigenvalue weighted by Gasteiger charge is -2.21. The molecule has 0 radical (unpaired) electrons. The summed E-state index contributed by atoms with van der Waals surface area (Å²) >= 11 is 0. The van der Waals surface area contributed by atoms with Gasteiger partial charge >= 0.3 is 0 Å². The second-order valence-electron chi connectivity index (χ2n) is 8.74. The molecule has 0 spiro atoms. The zero-order valence-corrected chi connectivity index (χ0v) is 20.0. The molecule has 0 amide bonds. The number of oxime groups is 1. The van der Waals surface area contributed by atoms with E-state index in [-0.39, 0.29) is 17.3 Å². The third-order valence-corrected chi connectivity index (χ3v) is 5.97. The van der Waals surface area contributed by atoms with Crippen LogP contribution in [0.15, 0.2) is 81.3 Å². The molecule has 1 atom stereocenters. The quantitative estimate of drug-likeness (QED) is 0.162. The minimum absolute atomic E-state index is 0.00773. The average Bonchev–Trinajstić information content (AvgIpc) is 3.49. The molecule has 0 aliphatic rings. The molecule has 3 heterocycles. The van der Waals surface area contributed by atoms with Gasteiger partial charge in [-0.25, -0.2) is 4.98 Å². The van der Waals surface area contributed by atoms with Crippen molar-refractivity contribution in [2.75, 3.05) is 0 Å². The Labute approximate surface area is 206 Å². The van der Waals surface area contributed by atoms with Crippen LogP contribution < -0.4 is 11.3 Å². The number of amidine groups is 1. The Morgan fingerprint density at radius 2 is 1.86 bits per heavy atom. The molecule has 10 heteroatoms. The van der Waals surface area contributed by atoms with Gasteiger partial charge in [0.25, 0.3) is 5.56 Å². The number of hydrogen-bond acceptors (Lipinski definition) is 7. The van der Waals surface area contributed by atoms with Crippen LogP contribution in [-0.4, -0.2) is 35.3 Å². The average molecular weight is 484 g/mol. The summed E-state index contributed by atoms with van der Waals surface area (Å²) in [5.41, 5.74) is 8.42. The van der Waals surface area contributed by atoms with E-state index < -0.39 is 6.04 Å². The SMILES string of the molecule is Cc1nc(C(c2ccccc2)n2c(C(C)C)nc3ccn(-c4cccc(C(N)=NO)c4)c(=O)c32)no1. The van der Waals surface area contributed by atoms with Crippen LogP contribution in [0.4, 0.5) is 0 Å². The van der Waals surface area contributed by atoms with E-state index in [9.17, 15) is 4.79 Å². The topological polar surface area (TPSA) is 137 Å². The van der Waals surface area contributed by atoms with Crippen LogP contribution in [-0.2, 0) is 0 Å². The summed E-state index contributed by atoms with van der Waals surface area (Å²) in [6.07, 6.45) is 1.67. The first-order chi connectivity index (χ1) is 17.4. The second kappa shape index (κ2) is 9.14. The predicted octanol–water partition coefficient (Wildman–Crippen LogP) is 3.73. The molecule has 3 aromatic heterocycles. The van der Waals surface area contributed by atoms with Gasteiger partial charge in [0.2, 0.25) is 5.89 Å². The number of hydrogen-bond donors (Lipinski definition) is 2. The summed E-state index contributed by atoms with van der Waals surface area (Å²) in [4.78, 5) is 23.4. The summed E-state index contributed by atoms with van der Waals surface area (Å²) in [6.45, 7) is 5.79. The Hall–Kier alpha value is -4.73. The number of fused-ring (bicyclic) bond motifs is 1. The molecule has 5 rings (SSSR count). The fourth-order valence-corrected chi connectivity index (χ4v) is 4.34. The van der Waals surface area contributed by atoms with E-state index in [4.69, 9.17) is 20.4 Å². The van der Waals surface area contributed by atoms with Crippen LogP contribution in [0.25, 0.3) is 16.7 Å². The third kappa shape index (κ3) is 3.92. The molecule has 0 saturated carbocycles. The normalized spacial score (nSPS) is 12.9. The van der Waals surface area contributed by atoms with Crippen molar-refractivity contribution >= 4 is 16.9 Å². The van der Waals surface area contributed by atoms with Crippen molar-refractivity contribution in [1.29, 1.82) is 0 Å². The lowest BCUT2D eigenvalue weighted by Crippen LogP contribution is -2.24. The smallest absolute Gasteiger partial charge is 0.281 e. The molecule has 5 aromatic rings. The van der Waals surface area contributed by atoms with Crippen molar-refractivity contribution in [1.82, 2.24) is 24.3 Å². The largest absolute Gasteiger partial charge is 0.409 e. The first-order valence-electron chi connectivity index (χ1n) is 11.5. The first-order valence-corrected chi connectivity index (χ1v) is 11.5. The molecule has 1 unspecified atom stereocenters. The van der Waals surface area contributed by atoms with Crippen molar-refractivity contribution < 1.29 is 9.73 Å². The van der Waals surface area contributed by atoms with Crippen molar-refractivity contribution in [3.05, 3.63) is 106 Å². The fourth-order valence-electron chi connectivity index (χ4n) is 4.34. The molecule has 182 valence electrons. The zero-order valence-electron chi connectivity index (χ0n) is 20.0. The summed E-state index contributed by atoms with van der Waals surface area (Å²) in [6, 6.07) is 17.9. The van der Waals surface area contributed by atoms with Crippen molar-refractivity contribution in [3.63, 3.8) is 0 Å². The number of aryl methyl sites for hydroxylation is 1. The maximum Gasteiger partial charge on any atom is 0.281 e. The van der Waals surface area contributed by atoms with E-state index in [1.165, 1.54) is 4.57 Å². The highest BCUT2D eigenvalue weighted by atomic mass is 16.5. The molecule has 0 fully saturated rings. The van der Waals surface area contributed by atoms with E-state index in [2.05, 4.69) is 15.3 Å². The fraction of sp³-hybridized carbons (Fsp3) is 0.192. The van der Waals surface area contributed by atoms with Crippen LogP contribution >= 0.6 is 0 Å². The zero-order chi connectivity index (χ0) is 25.4. The van der Waals surface area contributed by atoms with E-state index in [0.29, 0.717) is 34.0 Å². The second-order valence-corrected chi connectivity index (χ2v) is 8.74. The maximum absolute atomic E-state index is 14.0. The van der Waals surface area contributed by atoms with Gasteiger partial charge in [0.05, 0.1) is 5.52 Å². The molecule has 0 bridgehead atoms. The van der Waals surface area contributed by atoms with Gasteiger partial charge in [-0.05, 0) is 23.8 Å². The lowest BCUT2D eigenvalue weighted by molar-refractivity contribution is 0.318. The highest BCUT2D eigenvalue weighted by Gasteiger charge is 2.29. The molecule has 0 saturated heterocycles. The Bertz CT molecular complexity index is 1630. The van der Waals surface area contributed by atoms with Crippen LogP contribution in [0, 0.1) is 6.92 Å². The molecule has 0 aliphatic heterocycles. The highest BCUT2D eigenvalue weighted by molar-refractivity contribution is 5.97. The van der Waals surface area contributed by atoms with E-state index in [1.54, 1.807) is 43.5 Å². The van der Waals surface area contributed by atoms with Gasteiger partial charge in [-0.1, -0.05) is 66.6 Å². The third-order valence-electron chi connectivity index (χ3n) is 5.97. The van der Waals surface area contributed by atoms with Gasteiger partial charge in [-0.2, -0.15) is 4.98 Å². The van der Waals surface area contributed by atoms with Crippen LogP contribution in [0.2, 0.25) is 0 Å². The van der Waals surface area contributed by atoms with Crippen LogP contribution in [0.1, 0.15) is 54.5 Å². The molecule has 2 aromatic carbocycles. The van der Waals surface area contributed by atoms with Crippen molar-refractivity contribution in [2.45, 2.75) is 32.7 Å². The number of benzene rings is 2. The van der Waals surface area contributed by atoms with E-state index in [0.717, 1.165) is 11.4 Å².